The molecular formula is C20H20F2O4. The first-order valence-electron chi connectivity index (χ1n) is 7.85. The van der Waals surface area contributed by atoms with E-state index in [1.807, 2.05) is 0 Å². The van der Waals surface area contributed by atoms with Crippen LogP contribution in [0.25, 0.3) is 6.08 Å². The fourth-order valence-corrected chi connectivity index (χ4v) is 2.59. The van der Waals surface area contributed by atoms with Gasteiger partial charge in [-0.15, -0.1) is 0 Å². The van der Waals surface area contributed by atoms with Gasteiger partial charge in [-0.25, -0.2) is 8.78 Å². The average molecular weight is 362 g/mol. The van der Waals surface area contributed by atoms with Crippen LogP contribution in [-0.2, 0) is 6.42 Å². The molecule has 4 nitrogen and oxygen atoms in total. The summed E-state index contributed by atoms with van der Waals surface area (Å²) in [4.78, 5) is 11.0. The number of hydrogen-bond donors (Lipinski definition) is 0. The van der Waals surface area contributed by atoms with Crippen molar-refractivity contribution in [2.45, 2.75) is 12.3 Å². The summed E-state index contributed by atoms with van der Waals surface area (Å²) in [6.07, 6.45) is 2.06. The molecule has 2 aromatic rings. The van der Waals surface area contributed by atoms with Crippen molar-refractivity contribution < 1.29 is 27.8 Å². The first kappa shape index (κ1) is 19.4. The Morgan fingerprint density at radius 2 is 1.62 bits per heavy atom. The van der Waals surface area contributed by atoms with Crippen molar-refractivity contribution >= 4 is 12.4 Å². The Balaban J connectivity index is 2.31. The second-order valence-electron chi connectivity index (χ2n) is 5.51. The molecule has 138 valence electrons. The quantitative estimate of drug-likeness (QED) is 0.652. The van der Waals surface area contributed by atoms with Crippen molar-refractivity contribution in [2.24, 2.45) is 0 Å². The van der Waals surface area contributed by atoms with Crippen LogP contribution in [0.5, 0.6) is 17.2 Å². The SMILES string of the molecule is COc1ccc(/C=C/C(F)(F)Cc2ccccc2C=O)c(OC)c1OC. The number of hydrogen-bond acceptors (Lipinski definition) is 4. The molecule has 6 heteroatoms. The smallest absolute Gasteiger partial charge is 0.270 e. The molecule has 2 rings (SSSR count). The Kier molecular flexibility index (Phi) is 6.33. The Bertz CT molecular complexity index is 800. The maximum absolute atomic E-state index is 14.4. The highest BCUT2D eigenvalue weighted by atomic mass is 19.3. The van der Waals surface area contributed by atoms with Crippen LogP contribution < -0.4 is 14.2 Å². The molecule has 0 fully saturated rings. The summed E-state index contributed by atoms with van der Waals surface area (Å²) in [5, 5.41) is 0. The predicted molar refractivity (Wildman–Crippen MR) is 95.6 cm³/mol. The molecule has 0 amide bonds. The highest BCUT2D eigenvalue weighted by Crippen LogP contribution is 2.40. The van der Waals surface area contributed by atoms with E-state index in [9.17, 15) is 13.6 Å². The predicted octanol–water partition coefficient (Wildman–Crippen LogP) is 4.42. The van der Waals surface area contributed by atoms with E-state index in [-0.39, 0.29) is 11.1 Å². The number of allylic oxidation sites excluding steroid dienone is 1. The van der Waals surface area contributed by atoms with Crippen molar-refractivity contribution in [3.05, 3.63) is 59.2 Å². The standard InChI is InChI=1S/C20H20F2O4/c1-24-17-9-8-14(18(25-2)19(17)26-3)10-11-20(21,22)12-15-6-4-5-7-16(15)13-23/h4-11,13H,12H2,1-3H3/b11-10+. The normalized spacial score (nSPS) is 11.4. The van der Waals surface area contributed by atoms with E-state index in [4.69, 9.17) is 14.2 Å². The second kappa shape index (κ2) is 8.47. The Morgan fingerprint density at radius 1 is 0.923 bits per heavy atom. The largest absolute Gasteiger partial charge is 0.493 e. The maximum Gasteiger partial charge on any atom is 0.270 e. The zero-order chi connectivity index (χ0) is 19.2. The molecule has 2 aromatic carbocycles. The first-order chi connectivity index (χ1) is 12.5. The van der Waals surface area contributed by atoms with E-state index in [0.717, 1.165) is 6.08 Å². The van der Waals surface area contributed by atoms with Gasteiger partial charge in [0.15, 0.2) is 11.5 Å². The highest BCUT2D eigenvalue weighted by Gasteiger charge is 2.27. The van der Waals surface area contributed by atoms with Gasteiger partial charge in [0.2, 0.25) is 5.75 Å². The number of carbonyl (C=O) groups excluding carboxylic acids is 1. The Labute approximate surface area is 151 Å². The van der Waals surface area contributed by atoms with Gasteiger partial charge in [-0.1, -0.05) is 24.3 Å². The molecule has 0 heterocycles. The van der Waals surface area contributed by atoms with Gasteiger partial charge in [0.1, 0.15) is 6.29 Å². The molecule has 0 N–H and O–H groups in total. The van der Waals surface area contributed by atoms with Crippen molar-refractivity contribution in [3.63, 3.8) is 0 Å². The summed E-state index contributed by atoms with van der Waals surface area (Å²) in [7, 11) is 4.34. The van der Waals surface area contributed by atoms with Crippen molar-refractivity contribution in [1.82, 2.24) is 0 Å². The number of rotatable bonds is 8. The molecule has 0 unspecified atom stereocenters. The Hall–Kier alpha value is -2.89. The second-order valence-corrected chi connectivity index (χ2v) is 5.51. The van der Waals surface area contributed by atoms with Crippen LogP contribution in [0, 0.1) is 0 Å². The fourth-order valence-electron chi connectivity index (χ4n) is 2.59. The minimum absolute atomic E-state index is 0.254. The average Bonchev–Trinajstić information content (AvgIpc) is 2.65. The summed E-state index contributed by atoms with van der Waals surface area (Å²) >= 11 is 0. The summed E-state index contributed by atoms with van der Waals surface area (Å²) in [5.41, 5.74) is 0.967. The zero-order valence-corrected chi connectivity index (χ0v) is 14.8. The molecule has 0 aliphatic heterocycles. The number of alkyl halides is 2. The van der Waals surface area contributed by atoms with Gasteiger partial charge in [0.05, 0.1) is 21.3 Å². The zero-order valence-electron chi connectivity index (χ0n) is 14.8. The van der Waals surface area contributed by atoms with Gasteiger partial charge >= 0.3 is 0 Å². The third-order valence-electron chi connectivity index (χ3n) is 3.85. The summed E-state index contributed by atoms with van der Waals surface area (Å²) in [6, 6.07) is 9.50. The van der Waals surface area contributed by atoms with Gasteiger partial charge in [-0.05, 0) is 29.8 Å². The van der Waals surface area contributed by atoms with E-state index in [0.29, 0.717) is 29.1 Å². The number of halogens is 2. The third-order valence-corrected chi connectivity index (χ3v) is 3.85. The maximum atomic E-state index is 14.4. The van der Waals surface area contributed by atoms with Crippen LogP contribution in [0.2, 0.25) is 0 Å². The van der Waals surface area contributed by atoms with E-state index in [2.05, 4.69) is 0 Å². The molecule has 0 saturated heterocycles. The monoisotopic (exact) mass is 362 g/mol. The number of ether oxygens (including phenoxy) is 3. The molecule has 0 saturated carbocycles. The topological polar surface area (TPSA) is 44.8 Å². The lowest BCUT2D eigenvalue weighted by molar-refractivity contribution is 0.0565. The minimum Gasteiger partial charge on any atom is -0.493 e. The highest BCUT2D eigenvalue weighted by molar-refractivity contribution is 5.77. The first-order valence-corrected chi connectivity index (χ1v) is 7.85. The molecule has 0 aliphatic carbocycles. The van der Waals surface area contributed by atoms with Crippen molar-refractivity contribution in [2.75, 3.05) is 21.3 Å². The van der Waals surface area contributed by atoms with Crippen molar-refractivity contribution in [3.8, 4) is 17.2 Å². The number of methoxy groups -OCH3 is 3. The van der Waals surface area contributed by atoms with E-state index in [1.165, 1.54) is 39.5 Å². The van der Waals surface area contributed by atoms with E-state index >= 15 is 0 Å². The molecular weight excluding hydrogens is 342 g/mol. The number of benzene rings is 2. The lowest BCUT2D eigenvalue weighted by atomic mass is 10.0. The van der Waals surface area contributed by atoms with Crippen LogP contribution in [-0.4, -0.2) is 33.5 Å². The van der Waals surface area contributed by atoms with Crippen LogP contribution in [0.3, 0.4) is 0 Å². The number of aldehydes is 1. The van der Waals surface area contributed by atoms with Gasteiger partial charge in [0, 0.05) is 17.5 Å². The van der Waals surface area contributed by atoms with Crippen LogP contribution in [0.1, 0.15) is 21.5 Å². The third kappa shape index (κ3) is 4.39. The van der Waals surface area contributed by atoms with Crippen molar-refractivity contribution in [1.29, 1.82) is 0 Å². The minimum atomic E-state index is -3.14. The van der Waals surface area contributed by atoms with Gasteiger partial charge in [-0.3, -0.25) is 4.79 Å². The molecule has 0 aromatic heterocycles. The summed E-state index contributed by atoms with van der Waals surface area (Å²) in [5.74, 6) is -2.08. The van der Waals surface area contributed by atoms with Gasteiger partial charge in [0.25, 0.3) is 5.92 Å². The number of carbonyl (C=O) groups is 1. The van der Waals surface area contributed by atoms with Crippen LogP contribution >= 0.6 is 0 Å². The fraction of sp³-hybridized carbons (Fsp3) is 0.250. The summed E-state index contributed by atoms with van der Waals surface area (Å²) in [6.45, 7) is 0. The van der Waals surface area contributed by atoms with Gasteiger partial charge < -0.3 is 14.2 Å². The molecule has 0 aliphatic rings. The van der Waals surface area contributed by atoms with Crippen LogP contribution in [0.4, 0.5) is 8.78 Å². The molecule has 0 bridgehead atoms. The Morgan fingerprint density at radius 3 is 2.23 bits per heavy atom. The molecule has 0 atom stereocenters. The lowest BCUT2D eigenvalue weighted by Crippen LogP contribution is -2.17. The van der Waals surface area contributed by atoms with E-state index < -0.39 is 12.3 Å². The van der Waals surface area contributed by atoms with Gasteiger partial charge in [-0.2, -0.15) is 0 Å². The van der Waals surface area contributed by atoms with Crippen LogP contribution in [0.15, 0.2) is 42.5 Å². The van der Waals surface area contributed by atoms with E-state index in [1.54, 1.807) is 24.3 Å². The lowest BCUT2D eigenvalue weighted by Gasteiger charge is -2.15. The molecule has 0 radical (unpaired) electrons. The molecule has 0 spiro atoms. The molecule has 26 heavy (non-hydrogen) atoms. The summed E-state index contributed by atoms with van der Waals surface area (Å²) < 4.78 is 44.5.